The van der Waals surface area contributed by atoms with Gasteiger partial charge in [-0.1, -0.05) is 31.2 Å². The lowest BCUT2D eigenvalue weighted by Gasteiger charge is -2.07. The third kappa shape index (κ3) is 5.84. The summed E-state index contributed by atoms with van der Waals surface area (Å²) in [7, 11) is 0. The molecule has 1 rings (SSSR count). The zero-order valence-electron chi connectivity index (χ0n) is 11.6. The number of aliphatic hydroxyl groups excluding tert-OH is 1. The lowest BCUT2D eigenvalue weighted by atomic mass is 10.1. The van der Waals surface area contributed by atoms with E-state index in [-0.39, 0.29) is 18.9 Å². The van der Waals surface area contributed by atoms with E-state index in [9.17, 15) is 9.59 Å². The number of hydrogen-bond donors (Lipinski definition) is 3. The number of hydrogen-bond acceptors (Lipinski definition) is 3. The molecule has 1 amide bonds. The van der Waals surface area contributed by atoms with Crippen LogP contribution in [0.5, 0.6) is 0 Å². The minimum atomic E-state index is -1.42. The Morgan fingerprint density at radius 1 is 1.20 bits per heavy atom. The molecular weight excluding hydrogens is 258 g/mol. The van der Waals surface area contributed by atoms with Crippen molar-refractivity contribution in [3.8, 4) is 0 Å². The number of carboxylic acids is 1. The highest BCUT2D eigenvalue weighted by Crippen LogP contribution is 2.07. The van der Waals surface area contributed by atoms with E-state index < -0.39 is 12.1 Å². The Labute approximate surface area is 118 Å². The zero-order valence-corrected chi connectivity index (χ0v) is 11.6. The Morgan fingerprint density at radius 2 is 1.80 bits per heavy atom. The molecule has 0 spiro atoms. The number of carboxylic acid groups (broad SMARTS) is 1. The van der Waals surface area contributed by atoms with Crippen molar-refractivity contribution in [3.63, 3.8) is 0 Å². The summed E-state index contributed by atoms with van der Waals surface area (Å²) in [6.45, 7) is 2.26. The zero-order chi connectivity index (χ0) is 15.0. The second-order valence-corrected chi connectivity index (χ2v) is 4.66. The third-order valence-corrected chi connectivity index (χ3v) is 3.10. The van der Waals surface area contributed by atoms with Gasteiger partial charge in [0.05, 0.1) is 0 Å². The summed E-state index contributed by atoms with van der Waals surface area (Å²) in [5.41, 5.74) is 2.36. The molecule has 20 heavy (non-hydrogen) atoms. The maximum atomic E-state index is 11.6. The maximum Gasteiger partial charge on any atom is 0.332 e. The molecule has 1 aromatic carbocycles. The number of aliphatic carboxylic acids is 1. The molecule has 0 aromatic heterocycles. The highest BCUT2D eigenvalue weighted by atomic mass is 16.4. The van der Waals surface area contributed by atoms with Crippen LogP contribution in [0.4, 0.5) is 0 Å². The second-order valence-electron chi connectivity index (χ2n) is 4.66. The van der Waals surface area contributed by atoms with Crippen LogP contribution in [0.1, 0.15) is 30.9 Å². The van der Waals surface area contributed by atoms with Gasteiger partial charge in [0.15, 0.2) is 6.10 Å². The van der Waals surface area contributed by atoms with Gasteiger partial charge in [0.25, 0.3) is 0 Å². The molecule has 1 atom stereocenters. The number of carbonyl (C=O) groups is 2. The molecule has 0 aliphatic heterocycles. The maximum absolute atomic E-state index is 11.6. The molecule has 5 heteroatoms. The van der Waals surface area contributed by atoms with Crippen LogP contribution in [0.15, 0.2) is 24.3 Å². The number of aliphatic hydroxyl groups is 1. The highest BCUT2D eigenvalue weighted by Gasteiger charge is 2.12. The van der Waals surface area contributed by atoms with E-state index in [1.165, 1.54) is 5.56 Å². The number of aryl methyl sites for hydroxylation is 2. The SMILES string of the molecule is CCc1ccc(CCC(=O)NCCC(O)C(=O)O)cc1. The van der Waals surface area contributed by atoms with Gasteiger partial charge >= 0.3 is 5.97 Å². The van der Waals surface area contributed by atoms with Gasteiger partial charge in [-0.05, 0) is 24.0 Å². The van der Waals surface area contributed by atoms with E-state index in [2.05, 4.69) is 24.4 Å². The van der Waals surface area contributed by atoms with E-state index in [4.69, 9.17) is 10.2 Å². The molecular formula is C15H21NO4. The molecule has 0 fully saturated rings. The average molecular weight is 279 g/mol. The van der Waals surface area contributed by atoms with Gasteiger partial charge in [-0.3, -0.25) is 4.79 Å². The van der Waals surface area contributed by atoms with E-state index in [1.807, 2.05) is 12.1 Å². The molecule has 0 aliphatic rings. The van der Waals surface area contributed by atoms with Crippen molar-refractivity contribution in [2.24, 2.45) is 0 Å². The Hall–Kier alpha value is -1.88. The van der Waals surface area contributed by atoms with Crippen molar-refractivity contribution in [2.45, 2.75) is 38.7 Å². The minimum absolute atomic E-state index is 0.0201. The Bertz CT molecular complexity index is 442. The monoisotopic (exact) mass is 279 g/mol. The van der Waals surface area contributed by atoms with Gasteiger partial charge in [-0.25, -0.2) is 4.79 Å². The molecule has 0 saturated heterocycles. The predicted molar refractivity (Wildman–Crippen MR) is 75.4 cm³/mol. The molecule has 0 bridgehead atoms. The fourth-order valence-corrected chi connectivity index (χ4v) is 1.76. The van der Waals surface area contributed by atoms with Crippen molar-refractivity contribution >= 4 is 11.9 Å². The molecule has 0 radical (unpaired) electrons. The first kappa shape index (κ1) is 16.2. The highest BCUT2D eigenvalue weighted by molar-refractivity contribution is 5.76. The van der Waals surface area contributed by atoms with Crippen LogP contribution in [0.3, 0.4) is 0 Å². The number of amides is 1. The van der Waals surface area contributed by atoms with Gasteiger partial charge in [0, 0.05) is 19.4 Å². The van der Waals surface area contributed by atoms with E-state index in [0.717, 1.165) is 12.0 Å². The van der Waals surface area contributed by atoms with Crippen LogP contribution >= 0.6 is 0 Å². The minimum Gasteiger partial charge on any atom is -0.479 e. The summed E-state index contributed by atoms with van der Waals surface area (Å²) in [6, 6.07) is 8.13. The molecule has 1 aromatic rings. The van der Waals surface area contributed by atoms with E-state index in [1.54, 1.807) is 0 Å². The van der Waals surface area contributed by atoms with Gasteiger partial charge in [-0.2, -0.15) is 0 Å². The van der Waals surface area contributed by atoms with Crippen LogP contribution in [-0.2, 0) is 22.4 Å². The fraction of sp³-hybridized carbons (Fsp3) is 0.467. The van der Waals surface area contributed by atoms with Gasteiger partial charge in [-0.15, -0.1) is 0 Å². The third-order valence-electron chi connectivity index (χ3n) is 3.10. The predicted octanol–water partition coefficient (Wildman–Crippen LogP) is 1.13. The van der Waals surface area contributed by atoms with E-state index in [0.29, 0.717) is 12.8 Å². The van der Waals surface area contributed by atoms with Gasteiger partial charge in [0.2, 0.25) is 5.91 Å². The lowest BCUT2D eigenvalue weighted by Crippen LogP contribution is -2.30. The van der Waals surface area contributed by atoms with Crippen LogP contribution < -0.4 is 5.32 Å². The molecule has 110 valence electrons. The summed E-state index contributed by atoms with van der Waals surface area (Å²) >= 11 is 0. The first-order chi connectivity index (χ1) is 9.52. The van der Waals surface area contributed by atoms with Gasteiger partial charge in [0.1, 0.15) is 0 Å². The van der Waals surface area contributed by atoms with E-state index >= 15 is 0 Å². The van der Waals surface area contributed by atoms with Gasteiger partial charge < -0.3 is 15.5 Å². The Kier molecular flexibility index (Phi) is 6.73. The largest absolute Gasteiger partial charge is 0.479 e. The van der Waals surface area contributed by atoms with Crippen LogP contribution in [0.2, 0.25) is 0 Å². The van der Waals surface area contributed by atoms with Crippen molar-refractivity contribution < 1.29 is 19.8 Å². The summed E-state index contributed by atoms with van der Waals surface area (Å²) in [4.78, 5) is 21.9. The summed E-state index contributed by atoms with van der Waals surface area (Å²) in [5.74, 6) is -1.41. The number of nitrogens with one attached hydrogen (secondary N) is 1. The molecule has 0 saturated carbocycles. The average Bonchev–Trinajstić information content (AvgIpc) is 2.45. The Morgan fingerprint density at radius 3 is 2.35 bits per heavy atom. The first-order valence-corrected chi connectivity index (χ1v) is 6.78. The van der Waals surface area contributed by atoms with Crippen molar-refractivity contribution in [1.82, 2.24) is 5.32 Å². The van der Waals surface area contributed by atoms with Crippen molar-refractivity contribution in [1.29, 1.82) is 0 Å². The van der Waals surface area contributed by atoms with Crippen LogP contribution in [0.25, 0.3) is 0 Å². The smallest absolute Gasteiger partial charge is 0.332 e. The second kappa shape index (κ2) is 8.32. The molecule has 0 heterocycles. The summed E-state index contributed by atoms with van der Waals surface area (Å²) < 4.78 is 0. The topological polar surface area (TPSA) is 86.6 Å². The molecule has 0 aliphatic carbocycles. The van der Waals surface area contributed by atoms with Crippen molar-refractivity contribution in [3.05, 3.63) is 35.4 Å². The molecule has 5 nitrogen and oxygen atoms in total. The van der Waals surface area contributed by atoms with Crippen molar-refractivity contribution in [2.75, 3.05) is 6.54 Å². The van der Waals surface area contributed by atoms with Crippen LogP contribution in [0, 0.1) is 0 Å². The summed E-state index contributed by atoms with van der Waals surface area (Å²) in [6.07, 6.45) is 0.599. The molecule has 1 unspecified atom stereocenters. The number of carbonyl (C=O) groups excluding carboxylic acids is 1. The fourth-order valence-electron chi connectivity index (χ4n) is 1.76. The normalized spacial score (nSPS) is 11.9. The first-order valence-electron chi connectivity index (χ1n) is 6.78. The number of benzene rings is 1. The molecule has 3 N–H and O–H groups in total. The standard InChI is InChI=1S/C15H21NO4/c1-2-11-3-5-12(6-4-11)7-8-14(18)16-10-9-13(17)15(19)20/h3-6,13,17H,2,7-10H2,1H3,(H,16,18)(H,19,20). The number of rotatable bonds is 8. The quantitative estimate of drug-likeness (QED) is 0.666. The van der Waals surface area contributed by atoms with Crippen LogP contribution in [-0.4, -0.2) is 34.7 Å². The lowest BCUT2D eigenvalue weighted by molar-refractivity contribution is -0.147. The Balaban J connectivity index is 2.23. The summed E-state index contributed by atoms with van der Waals surface area (Å²) in [5, 5.41) is 20.1.